The minimum atomic E-state index is -1.09. The molecule has 0 bridgehead atoms. The van der Waals surface area contributed by atoms with E-state index in [9.17, 15) is 9.90 Å². The standard InChI is InChI=1S/C16H24N4O2S/c1-11(2)7-13-8-14(20(4)19-13)18-15(21)17-10-16(3,22)12-5-6-23-9-12/h5-6,8-9,11,22H,7,10H2,1-4H3,(H2,17,18,21). The van der Waals surface area contributed by atoms with Crippen LogP contribution in [-0.4, -0.2) is 27.5 Å². The topological polar surface area (TPSA) is 79.2 Å². The van der Waals surface area contributed by atoms with Gasteiger partial charge >= 0.3 is 6.03 Å². The molecular weight excluding hydrogens is 312 g/mol. The van der Waals surface area contributed by atoms with Gasteiger partial charge in [0, 0.05) is 13.1 Å². The maximum atomic E-state index is 12.0. The summed E-state index contributed by atoms with van der Waals surface area (Å²) in [5.41, 5.74) is 0.651. The van der Waals surface area contributed by atoms with Crippen LogP contribution in [0.25, 0.3) is 0 Å². The number of carbonyl (C=O) groups excluding carboxylic acids is 1. The van der Waals surface area contributed by atoms with Gasteiger partial charge in [0.2, 0.25) is 0 Å². The predicted octanol–water partition coefficient (Wildman–Crippen LogP) is 2.71. The first-order valence-electron chi connectivity index (χ1n) is 7.61. The van der Waals surface area contributed by atoms with Gasteiger partial charge in [0.25, 0.3) is 0 Å². The van der Waals surface area contributed by atoms with Gasteiger partial charge in [-0.05, 0) is 41.7 Å². The Balaban J connectivity index is 1.91. The molecule has 0 fully saturated rings. The van der Waals surface area contributed by atoms with Crippen molar-refractivity contribution < 1.29 is 9.90 Å². The van der Waals surface area contributed by atoms with Gasteiger partial charge in [0.1, 0.15) is 11.4 Å². The van der Waals surface area contributed by atoms with Gasteiger partial charge in [-0.15, -0.1) is 0 Å². The molecule has 2 rings (SSSR count). The van der Waals surface area contributed by atoms with Crippen molar-refractivity contribution in [2.45, 2.75) is 32.8 Å². The molecule has 3 N–H and O–H groups in total. The van der Waals surface area contributed by atoms with Crippen LogP contribution >= 0.6 is 11.3 Å². The molecule has 0 radical (unpaired) electrons. The summed E-state index contributed by atoms with van der Waals surface area (Å²) in [4.78, 5) is 12.0. The monoisotopic (exact) mass is 336 g/mol. The van der Waals surface area contributed by atoms with Crippen molar-refractivity contribution in [3.8, 4) is 0 Å². The smallest absolute Gasteiger partial charge is 0.320 e. The van der Waals surface area contributed by atoms with Crippen LogP contribution in [-0.2, 0) is 19.1 Å². The minimum Gasteiger partial charge on any atom is -0.384 e. The van der Waals surface area contributed by atoms with Gasteiger partial charge in [0.05, 0.1) is 12.2 Å². The Morgan fingerprint density at radius 1 is 1.52 bits per heavy atom. The van der Waals surface area contributed by atoms with E-state index in [0.717, 1.165) is 17.7 Å². The van der Waals surface area contributed by atoms with Crippen LogP contribution in [0, 0.1) is 5.92 Å². The molecular formula is C16H24N4O2S. The molecule has 2 amide bonds. The first-order chi connectivity index (χ1) is 10.8. The van der Waals surface area contributed by atoms with Crippen molar-refractivity contribution in [3.05, 3.63) is 34.2 Å². The molecule has 2 heterocycles. The predicted molar refractivity (Wildman–Crippen MR) is 92.7 cm³/mol. The van der Waals surface area contributed by atoms with E-state index in [4.69, 9.17) is 0 Å². The van der Waals surface area contributed by atoms with E-state index >= 15 is 0 Å². The molecule has 23 heavy (non-hydrogen) atoms. The number of urea groups is 1. The molecule has 1 atom stereocenters. The van der Waals surface area contributed by atoms with Gasteiger partial charge < -0.3 is 10.4 Å². The molecule has 0 aromatic carbocycles. The zero-order chi connectivity index (χ0) is 17.0. The number of amides is 2. The van der Waals surface area contributed by atoms with Gasteiger partial charge in [-0.2, -0.15) is 16.4 Å². The van der Waals surface area contributed by atoms with Crippen LogP contribution in [0.3, 0.4) is 0 Å². The molecule has 1 unspecified atom stereocenters. The van der Waals surface area contributed by atoms with E-state index in [1.165, 1.54) is 11.3 Å². The Kier molecular flexibility index (Phi) is 5.43. The normalized spacial score (nSPS) is 13.8. The highest BCUT2D eigenvalue weighted by molar-refractivity contribution is 7.08. The lowest BCUT2D eigenvalue weighted by atomic mass is 9.99. The average Bonchev–Trinajstić information content (AvgIpc) is 3.07. The number of anilines is 1. The zero-order valence-electron chi connectivity index (χ0n) is 14.0. The van der Waals surface area contributed by atoms with Crippen LogP contribution in [0.1, 0.15) is 32.0 Å². The molecule has 126 valence electrons. The zero-order valence-corrected chi connectivity index (χ0v) is 14.8. The SMILES string of the molecule is CC(C)Cc1cc(NC(=O)NCC(C)(O)c2ccsc2)n(C)n1. The maximum Gasteiger partial charge on any atom is 0.320 e. The molecule has 2 aromatic heterocycles. The second kappa shape index (κ2) is 7.14. The summed E-state index contributed by atoms with van der Waals surface area (Å²) in [7, 11) is 1.79. The highest BCUT2D eigenvalue weighted by Crippen LogP contribution is 2.22. The largest absolute Gasteiger partial charge is 0.384 e. The summed E-state index contributed by atoms with van der Waals surface area (Å²) < 4.78 is 1.65. The van der Waals surface area contributed by atoms with Crippen LogP contribution in [0.4, 0.5) is 10.6 Å². The third kappa shape index (κ3) is 4.80. The highest BCUT2D eigenvalue weighted by atomic mass is 32.1. The van der Waals surface area contributed by atoms with Crippen molar-refractivity contribution in [1.82, 2.24) is 15.1 Å². The summed E-state index contributed by atoms with van der Waals surface area (Å²) in [5, 5.41) is 24.0. The van der Waals surface area contributed by atoms with E-state index in [1.807, 2.05) is 22.9 Å². The number of aromatic nitrogens is 2. The molecule has 7 heteroatoms. The Labute approximate surface area is 140 Å². The fourth-order valence-electron chi connectivity index (χ4n) is 2.25. The second-order valence-electron chi connectivity index (χ2n) is 6.34. The van der Waals surface area contributed by atoms with Gasteiger partial charge in [-0.3, -0.25) is 10.00 Å². The van der Waals surface area contributed by atoms with E-state index in [-0.39, 0.29) is 12.6 Å². The number of rotatable bonds is 6. The summed E-state index contributed by atoms with van der Waals surface area (Å²) in [6.07, 6.45) is 0.865. The van der Waals surface area contributed by atoms with Crippen molar-refractivity contribution in [2.24, 2.45) is 13.0 Å². The fourth-order valence-corrected chi connectivity index (χ4v) is 3.03. The van der Waals surface area contributed by atoms with Crippen molar-refractivity contribution >= 4 is 23.2 Å². The Hall–Kier alpha value is -1.86. The number of nitrogens with one attached hydrogen (secondary N) is 2. The molecule has 0 aliphatic heterocycles. The number of hydrogen-bond donors (Lipinski definition) is 3. The third-order valence-corrected chi connectivity index (χ3v) is 4.21. The lowest BCUT2D eigenvalue weighted by molar-refractivity contribution is 0.0604. The number of thiophene rings is 1. The molecule has 6 nitrogen and oxygen atoms in total. The van der Waals surface area contributed by atoms with E-state index in [1.54, 1.807) is 18.7 Å². The molecule has 0 saturated heterocycles. The number of carbonyl (C=O) groups is 1. The molecule has 0 aliphatic rings. The maximum absolute atomic E-state index is 12.0. The summed E-state index contributed by atoms with van der Waals surface area (Å²) >= 11 is 1.51. The lowest BCUT2D eigenvalue weighted by Gasteiger charge is -2.22. The van der Waals surface area contributed by atoms with Crippen LogP contribution in [0.5, 0.6) is 0 Å². The first kappa shape index (κ1) is 17.5. The van der Waals surface area contributed by atoms with Gasteiger partial charge in [0.15, 0.2) is 0 Å². The molecule has 2 aromatic rings. The fraction of sp³-hybridized carbons (Fsp3) is 0.500. The van der Waals surface area contributed by atoms with Crippen molar-refractivity contribution in [2.75, 3.05) is 11.9 Å². The highest BCUT2D eigenvalue weighted by Gasteiger charge is 2.24. The number of hydrogen-bond acceptors (Lipinski definition) is 4. The van der Waals surface area contributed by atoms with E-state index in [0.29, 0.717) is 11.7 Å². The molecule has 0 spiro atoms. The van der Waals surface area contributed by atoms with Crippen molar-refractivity contribution in [1.29, 1.82) is 0 Å². The van der Waals surface area contributed by atoms with Crippen LogP contribution in [0.2, 0.25) is 0 Å². The molecule has 0 aliphatic carbocycles. The number of nitrogens with zero attached hydrogens (tertiary/aromatic N) is 2. The molecule has 0 saturated carbocycles. The van der Waals surface area contributed by atoms with Gasteiger partial charge in [-0.1, -0.05) is 13.8 Å². The van der Waals surface area contributed by atoms with Crippen LogP contribution in [0.15, 0.2) is 22.9 Å². The third-order valence-electron chi connectivity index (χ3n) is 3.53. The summed E-state index contributed by atoms with van der Waals surface area (Å²) in [5.74, 6) is 1.14. The quantitative estimate of drug-likeness (QED) is 0.759. The van der Waals surface area contributed by atoms with E-state index < -0.39 is 5.60 Å². The summed E-state index contributed by atoms with van der Waals surface area (Å²) in [6.45, 7) is 6.06. The van der Waals surface area contributed by atoms with Crippen molar-refractivity contribution in [3.63, 3.8) is 0 Å². The first-order valence-corrected chi connectivity index (χ1v) is 8.55. The van der Waals surface area contributed by atoms with Gasteiger partial charge in [-0.25, -0.2) is 4.79 Å². The second-order valence-corrected chi connectivity index (χ2v) is 7.12. The van der Waals surface area contributed by atoms with Crippen LogP contribution < -0.4 is 10.6 Å². The lowest BCUT2D eigenvalue weighted by Crippen LogP contribution is -2.40. The Morgan fingerprint density at radius 2 is 2.26 bits per heavy atom. The van der Waals surface area contributed by atoms with E-state index in [2.05, 4.69) is 29.6 Å². The Bertz CT molecular complexity index is 647. The minimum absolute atomic E-state index is 0.131. The average molecular weight is 336 g/mol. The summed E-state index contributed by atoms with van der Waals surface area (Å²) in [6, 6.07) is 3.36. The Morgan fingerprint density at radius 3 is 2.87 bits per heavy atom. The number of aryl methyl sites for hydroxylation is 1. The number of aliphatic hydroxyl groups is 1.